The number of rotatable bonds is 7. The van der Waals surface area contributed by atoms with Crippen LogP contribution in [0.1, 0.15) is 59.1 Å². The molecule has 184 valence electrons. The van der Waals surface area contributed by atoms with Crippen LogP contribution in [0.4, 0.5) is 9.80 Å². The van der Waals surface area contributed by atoms with Gasteiger partial charge in [-0.15, -0.1) is 11.3 Å². The van der Waals surface area contributed by atoms with E-state index in [-0.39, 0.29) is 30.4 Å². The Bertz CT molecular complexity index is 1190. The van der Waals surface area contributed by atoms with Gasteiger partial charge in [-0.05, 0) is 43.7 Å². The normalized spacial score (nSPS) is 17.1. The lowest BCUT2D eigenvalue weighted by molar-refractivity contribution is -0.139. The number of carbonyl (C=O) groups excluding carboxylic acids is 4. The van der Waals surface area contributed by atoms with Gasteiger partial charge in [-0.25, -0.2) is 14.4 Å². The van der Waals surface area contributed by atoms with Crippen LogP contribution in [0.15, 0.2) is 41.6 Å². The van der Waals surface area contributed by atoms with Crippen molar-refractivity contribution in [1.82, 2.24) is 10.6 Å². The van der Waals surface area contributed by atoms with Crippen molar-refractivity contribution in [1.29, 1.82) is 0 Å². The van der Waals surface area contributed by atoms with Gasteiger partial charge in [-0.3, -0.25) is 4.79 Å². The monoisotopic (exact) mass is 497 g/mol. The summed E-state index contributed by atoms with van der Waals surface area (Å²) in [5.74, 6) is -1.51. The summed E-state index contributed by atoms with van der Waals surface area (Å²) >= 11 is 1.39. The molecule has 3 N–H and O–H groups in total. The number of fused-ring (bicyclic) bond motifs is 1. The fraction of sp³-hybridized carbons (Fsp3) is 0.360. The molecule has 1 aromatic carbocycles. The van der Waals surface area contributed by atoms with E-state index in [1.807, 2.05) is 6.07 Å². The van der Waals surface area contributed by atoms with Crippen LogP contribution in [0.5, 0.6) is 0 Å². The first kappa shape index (κ1) is 24.5. The lowest BCUT2D eigenvalue weighted by Gasteiger charge is -2.29. The minimum Gasteiger partial charge on any atom is -0.463 e. The molecule has 2 aromatic rings. The first-order chi connectivity index (χ1) is 16.9. The summed E-state index contributed by atoms with van der Waals surface area (Å²) in [5.41, 5.74) is 2.25. The molecule has 35 heavy (non-hydrogen) atoms. The Hall–Kier alpha value is -3.66. The summed E-state index contributed by atoms with van der Waals surface area (Å²) in [6.45, 7) is 2.88. The van der Waals surface area contributed by atoms with Gasteiger partial charge in [0.25, 0.3) is 0 Å². The number of urea groups is 1. The molecule has 0 saturated carbocycles. The third kappa shape index (κ3) is 5.37. The number of hydrogen-bond acceptors (Lipinski definition) is 7. The van der Waals surface area contributed by atoms with Crippen molar-refractivity contribution in [3.8, 4) is 0 Å². The zero-order valence-electron chi connectivity index (χ0n) is 19.6. The highest BCUT2D eigenvalue weighted by atomic mass is 32.1. The van der Waals surface area contributed by atoms with Crippen LogP contribution in [-0.4, -0.2) is 37.1 Å². The van der Waals surface area contributed by atoms with E-state index < -0.39 is 24.0 Å². The molecule has 10 heteroatoms. The second-order valence-corrected chi connectivity index (χ2v) is 9.33. The fourth-order valence-electron chi connectivity index (χ4n) is 4.32. The summed E-state index contributed by atoms with van der Waals surface area (Å²) in [5, 5.41) is 8.55. The minimum atomic E-state index is -0.762. The van der Waals surface area contributed by atoms with Gasteiger partial charge in [0, 0.05) is 11.8 Å². The number of hydrogen-bond donors (Lipinski definition) is 3. The number of esters is 2. The maximum atomic E-state index is 13.2. The predicted molar refractivity (Wildman–Crippen MR) is 130 cm³/mol. The molecular weight excluding hydrogens is 470 g/mol. The molecule has 0 bridgehead atoms. The summed E-state index contributed by atoms with van der Waals surface area (Å²) in [4.78, 5) is 51.3. The first-order valence-electron chi connectivity index (χ1n) is 11.5. The molecular formula is C25H27N3O6S. The Kier molecular flexibility index (Phi) is 7.50. The summed E-state index contributed by atoms with van der Waals surface area (Å²) in [6.07, 6.45) is 3.54. The number of benzene rings is 1. The maximum absolute atomic E-state index is 13.2. The number of amides is 3. The number of carbonyl (C=O) groups is 4. The lowest BCUT2D eigenvalue weighted by atomic mass is 9.95. The van der Waals surface area contributed by atoms with Crippen molar-refractivity contribution in [3.63, 3.8) is 0 Å². The van der Waals surface area contributed by atoms with Crippen LogP contribution in [0.2, 0.25) is 0 Å². The van der Waals surface area contributed by atoms with Crippen molar-refractivity contribution in [2.75, 3.05) is 18.5 Å². The predicted octanol–water partition coefficient (Wildman–Crippen LogP) is 3.61. The fourth-order valence-corrected chi connectivity index (χ4v) is 5.64. The van der Waals surface area contributed by atoms with Gasteiger partial charge in [-0.2, -0.15) is 0 Å². The van der Waals surface area contributed by atoms with Gasteiger partial charge in [0.15, 0.2) is 0 Å². The van der Waals surface area contributed by atoms with E-state index in [0.29, 0.717) is 16.1 Å². The number of nitrogens with one attached hydrogen (secondary N) is 3. The second-order valence-electron chi connectivity index (χ2n) is 8.23. The molecule has 1 atom stereocenters. The van der Waals surface area contributed by atoms with E-state index in [4.69, 9.17) is 9.47 Å². The molecule has 9 nitrogen and oxygen atoms in total. The van der Waals surface area contributed by atoms with Gasteiger partial charge in [-0.1, -0.05) is 30.3 Å². The molecule has 0 fully saturated rings. The van der Waals surface area contributed by atoms with Crippen molar-refractivity contribution in [3.05, 3.63) is 63.2 Å². The lowest BCUT2D eigenvalue weighted by Crippen LogP contribution is -2.47. The minimum absolute atomic E-state index is 0.145. The Morgan fingerprint density at radius 1 is 1.09 bits per heavy atom. The second kappa shape index (κ2) is 10.7. The third-order valence-corrected chi connectivity index (χ3v) is 7.00. The molecule has 1 aromatic heterocycles. The molecule has 1 aliphatic heterocycles. The van der Waals surface area contributed by atoms with E-state index in [9.17, 15) is 19.2 Å². The van der Waals surface area contributed by atoms with Crippen LogP contribution < -0.4 is 16.0 Å². The quantitative estimate of drug-likeness (QED) is 0.502. The maximum Gasteiger partial charge on any atom is 0.341 e. The van der Waals surface area contributed by atoms with Crippen molar-refractivity contribution in [2.45, 2.75) is 45.6 Å². The number of aryl methyl sites for hydroxylation is 1. The average molecular weight is 498 g/mol. The Labute approximate surface area is 206 Å². The molecule has 4 rings (SSSR count). The van der Waals surface area contributed by atoms with Crippen LogP contribution in [0.25, 0.3) is 0 Å². The molecule has 1 aliphatic carbocycles. The van der Waals surface area contributed by atoms with Crippen molar-refractivity contribution < 1.29 is 28.7 Å². The Balaban J connectivity index is 1.65. The first-order valence-corrected chi connectivity index (χ1v) is 12.3. The molecule has 0 spiro atoms. The highest BCUT2D eigenvalue weighted by molar-refractivity contribution is 7.17. The summed E-state index contributed by atoms with van der Waals surface area (Å²) in [7, 11) is 0. The third-order valence-electron chi connectivity index (χ3n) is 5.79. The standard InChI is InChI=1S/C25H27N3O6S/c1-3-33-24(31)20-17(27-25(32)28-21(20)15-9-5-4-6-10-15)13-34-23(30)19-16-11-7-8-12-18(16)35-22(19)26-14(2)29/h4-6,9-10,21H,3,7-8,11-13H2,1-2H3,(H,26,29)(H2,27,28,32)/t21-/m1/s1. The zero-order valence-corrected chi connectivity index (χ0v) is 20.4. The highest BCUT2D eigenvalue weighted by Gasteiger charge is 2.35. The molecule has 0 unspecified atom stereocenters. The van der Waals surface area contributed by atoms with Gasteiger partial charge in [0.05, 0.1) is 29.5 Å². The average Bonchev–Trinajstić information content (AvgIpc) is 3.20. The number of anilines is 1. The molecule has 2 heterocycles. The largest absolute Gasteiger partial charge is 0.463 e. The van der Waals surface area contributed by atoms with Crippen LogP contribution in [0, 0.1) is 0 Å². The van der Waals surface area contributed by atoms with Crippen LogP contribution >= 0.6 is 11.3 Å². The van der Waals surface area contributed by atoms with E-state index in [1.165, 1.54) is 18.3 Å². The highest BCUT2D eigenvalue weighted by Crippen LogP contribution is 2.38. The van der Waals surface area contributed by atoms with Gasteiger partial charge in [0.2, 0.25) is 5.91 Å². The molecule has 0 radical (unpaired) electrons. The smallest absolute Gasteiger partial charge is 0.341 e. The van der Waals surface area contributed by atoms with E-state index in [2.05, 4.69) is 16.0 Å². The molecule has 3 amide bonds. The zero-order chi connectivity index (χ0) is 24.9. The Morgan fingerprint density at radius 2 is 1.83 bits per heavy atom. The van der Waals surface area contributed by atoms with Crippen LogP contribution in [-0.2, 0) is 31.9 Å². The van der Waals surface area contributed by atoms with Crippen molar-refractivity contribution in [2.24, 2.45) is 0 Å². The van der Waals surface area contributed by atoms with Gasteiger partial charge < -0.3 is 25.4 Å². The SMILES string of the molecule is CCOC(=O)C1=C(COC(=O)c2c(NC(C)=O)sc3c2CCCC3)NC(=O)N[C@@H]1c1ccccc1. The topological polar surface area (TPSA) is 123 Å². The van der Waals surface area contributed by atoms with Gasteiger partial charge >= 0.3 is 18.0 Å². The number of ether oxygens (including phenoxy) is 2. The van der Waals surface area contributed by atoms with E-state index >= 15 is 0 Å². The summed E-state index contributed by atoms with van der Waals surface area (Å²) in [6, 6.07) is 7.72. The number of thiophene rings is 1. The Morgan fingerprint density at radius 3 is 2.54 bits per heavy atom. The van der Waals surface area contributed by atoms with Crippen molar-refractivity contribution >= 4 is 40.2 Å². The van der Waals surface area contributed by atoms with E-state index in [1.54, 1.807) is 31.2 Å². The summed E-state index contributed by atoms with van der Waals surface area (Å²) < 4.78 is 10.9. The molecule has 2 aliphatic rings. The molecule has 0 saturated heterocycles. The van der Waals surface area contributed by atoms with E-state index in [0.717, 1.165) is 36.1 Å². The van der Waals surface area contributed by atoms with Crippen LogP contribution in [0.3, 0.4) is 0 Å². The van der Waals surface area contributed by atoms with Gasteiger partial charge in [0.1, 0.15) is 11.6 Å².